The number of ether oxygens (including phenoxy) is 1. The van der Waals surface area contributed by atoms with Crippen molar-refractivity contribution in [2.75, 3.05) is 11.9 Å². The van der Waals surface area contributed by atoms with Crippen LogP contribution in [0.2, 0.25) is 0 Å². The average molecular weight is 279 g/mol. The molecule has 0 heterocycles. The van der Waals surface area contributed by atoms with E-state index in [9.17, 15) is 4.79 Å². The number of carbonyl (C=O) groups excluding carboxylic acids is 1. The first-order valence-electron chi connectivity index (χ1n) is 6.73. The van der Waals surface area contributed by atoms with Crippen molar-refractivity contribution in [2.24, 2.45) is 0 Å². The van der Waals surface area contributed by atoms with Gasteiger partial charge < -0.3 is 10.1 Å². The number of terminal acetylenes is 1. The Bertz CT molecular complexity index is 671. The number of carbonyl (C=O) groups is 1. The van der Waals surface area contributed by atoms with Gasteiger partial charge in [-0.25, -0.2) is 0 Å². The van der Waals surface area contributed by atoms with Crippen molar-refractivity contribution < 1.29 is 9.53 Å². The Kier molecular flexibility index (Phi) is 5.00. The molecule has 0 unspecified atom stereocenters. The molecule has 2 aromatic rings. The van der Waals surface area contributed by atoms with Crippen LogP contribution in [0.1, 0.15) is 17.5 Å². The Balaban J connectivity index is 1.81. The average Bonchev–Trinajstić information content (AvgIpc) is 2.47. The summed E-state index contributed by atoms with van der Waals surface area (Å²) in [5.41, 5.74) is 2.57. The molecule has 1 N–H and O–H groups in total. The monoisotopic (exact) mass is 279 g/mol. The van der Waals surface area contributed by atoms with Crippen LogP contribution in [0.5, 0.6) is 5.75 Å². The number of hydrogen-bond donors (Lipinski definition) is 1. The van der Waals surface area contributed by atoms with E-state index in [-0.39, 0.29) is 12.3 Å². The Hall–Kier alpha value is -2.73. The van der Waals surface area contributed by atoms with Gasteiger partial charge in [0.2, 0.25) is 5.91 Å². The lowest BCUT2D eigenvalue weighted by Crippen LogP contribution is -2.15. The molecule has 2 aromatic carbocycles. The minimum atomic E-state index is -0.100. The van der Waals surface area contributed by atoms with Crippen molar-refractivity contribution in [3.63, 3.8) is 0 Å². The topological polar surface area (TPSA) is 38.3 Å². The highest BCUT2D eigenvalue weighted by molar-refractivity contribution is 5.90. The summed E-state index contributed by atoms with van der Waals surface area (Å²) in [6.07, 6.45) is 5.61. The molecule has 0 saturated carbocycles. The zero-order valence-electron chi connectivity index (χ0n) is 11.9. The number of aryl methyl sites for hydroxylation is 1. The van der Waals surface area contributed by atoms with E-state index in [0.717, 1.165) is 16.9 Å². The summed E-state index contributed by atoms with van der Waals surface area (Å²) in [5, 5.41) is 2.80. The molecule has 2 rings (SSSR count). The van der Waals surface area contributed by atoms with Crippen LogP contribution in [0.4, 0.5) is 5.69 Å². The molecule has 0 bridgehead atoms. The summed E-state index contributed by atoms with van der Waals surface area (Å²) in [6.45, 7) is 2.34. The summed E-state index contributed by atoms with van der Waals surface area (Å²) < 4.78 is 5.55. The molecule has 0 saturated heterocycles. The van der Waals surface area contributed by atoms with Gasteiger partial charge >= 0.3 is 0 Å². The van der Waals surface area contributed by atoms with Gasteiger partial charge in [0.05, 0.1) is 13.0 Å². The normalized spacial score (nSPS) is 9.71. The van der Waals surface area contributed by atoms with Crippen LogP contribution in [0.15, 0.2) is 48.5 Å². The summed E-state index contributed by atoms with van der Waals surface area (Å²) in [7, 11) is 0. The van der Waals surface area contributed by atoms with Crippen LogP contribution in [0.3, 0.4) is 0 Å². The van der Waals surface area contributed by atoms with E-state index < -0.39 is 0 Å². The van der Waals surface area contributed by atoms with Gasteiger partial charge in [-0.2, -0.15) is 0 Å². The Morgan fingerprint density at radius 2 is 2.05 bits per heavy atom. The van der Waals surface area contributed by atoms with Crippen molar-refractivity contribution in [1.82, 2.24) is 0 Å². The lowest BCUT2D eigenvalue weighted by atomic mass is 10.2. The molecule has 0 spiro atoms. The third-order valence-electron chi connectivity index (χ3n) is 2.90. The fourth-order valence-corrected chi connectivity index (χ4v) is 1.88. The molecule has 3 nitrogen and oxygen atoms in total. The first kappa shape index (κ1) is 14.7. The zero-order valence-corrected chi connectivity index (χ0v) is 11.9. The van der Waals surface area contributed by atoms with Gasteiger partial charge in [-0.05, 0) is 42.8 Å². The molecule has 3 heteroatoms. The van der Waals surface area contributed by atoms with Gasteiger partial charge in [0.25, 0.3) is 0 Å². The molecule has 0 fully saturated rings. The highest BCUT2D eigenvalue weighted by atomic mass is 16.5. The number of anilines is 1. The molecule has 1 amide bonds. The van der Waals surface area contributed by atoms with Crippen molar-refractivity contribution in [2.45, 2.75) is 13.3 Å². The standard InChI is InChI=1S/C18H17NO2/c1-3-15-7-5-8-16(13-15)19-18(20)10-11-21-17-9-4-6-14(2)12-17/h1,4-9,12-13H,10-11H2,2H3,(H,19,20). The second kappa shape index (κ2) is 7.16. The van der Waals surface area contributed by atoms with Crippen LogP contribution >= 0.6 is 0 Å². The molecule has 106 valence electrons. The van der Waals surface area contributed by atoms with E-state index in [4.69, 9.17) is 11.2 Å². The van der Waals surface area contributed by atoms with Gasteiger partial charge in [-0.1, -0.05) is 24.1 Å². The molecule has 0 aliphatic heterocycles. The smallest absolute Gasteiger partial charge is 0.227 e. The number of hydrogen-bond acceptors (Lipinski definition) is 2. The molecular weight excluding hydrogens is 262 g/mol. The Labute approximate surface area is 125 Å². The Morgan fingerprint density at radius 3 is 2.81 bits per heavy atom. The second-order valence-electron chi connectivity index (χ2n) is 4.69. The second-order valence-corrected chi connectivity index (χ2v) is 4.69. The van der Waals surface area contributed by atoms with Crippen molar-refractivity contribution in [3.8, 4) is 18.1 Å². The SMILES string of the molecule is C#Cc1cccc(NC(=O)CCOc2cccc(C)c2)c1. The molecule has 0 aromatic heterocycles. The molecule has 0 atom stereocenters. The number of amides is 1. The molecular formula is C18H17NO2. The quantitative estimate of drug-likeness (QED) is 0.852. The van der Waals surface area contributed by atoms with Crippen LogP contribution < -0.4 is 10.1 Å². The van der Waals surface area contributed by atoms with Crippen LogP contribution in [-0.4, -0.2) is 12.5 Å². The number of rotatable bonds is 5. The summed E-state index contributed by atoms with van der Waals surface area (Å²) in [4.78, 5) is 11.8. The maximum Gasteiger partial charge on any atom is 0.227 e. The lowest BCUT2D eigenvalue weighted by Gasteiger charge is -2.08. The van der Waals surface area contributed by atoms with Crippen LogP contribution in [0.25, 0.3) is 0 Å². The highest BCUT2D eigenvalue weighted by Gasteiger charge is 2.03. The van der Waals surface area contributed by atoms with E-state index in [0.29, 0.717) is 12.3 Å². The molecule has 0 radical (unpaired) electrons. The number of benzene rings is 2. The number of nitrogens with one attached hydrogen (secondary N) is 1. The van der Waals surface area contributed by atoms with E-state index in [1.807, 2.05) is 43.3 Å². The predicted molar refractivity (Wildman–Crippen MR) is 84.3 cm³/mol. The first-order chi connectivity index (χ1) is 10.2. The third kappa shape index (κ3) is 4.70. The van der Waals surface area contributed by atoms with E-state index in [2.05, 4.69) is 11.2 Å². The van der Waals surface area contributed by atoms with Crippen molar-refractivity contribution in [3.05, 3.63) is 59.7 Å². The maximum absolute atomic E-state index is 11.8. The minimum absolute atomic E-state index is 0.100. The molecule has 0 aliphatic rings. The van der Waals surface area contributed by atoms with E-state index in [1.165, 1.54) is 0 Å². The zero-order chi connectivity index (χ0) is 15.1. The van der Waals surface area contributed by atoms with Crippen LogP contribution in [-0.2, 0) is 4.79 Å². The van der Waals surface area contributed by atoms with Crippen molar-refractivity contribution in [1.29, 1.82) is 0 Å². The molecule has 21 heavy (non-hydrogen) atoms. The van der Waals surface area contributed by atoms with Crippen LogP contribution in [0, 0.1) is 19.3 Å². The largest absolute Gasteiger partial charge is 0.493 e. The van der Waals surface area contributed by atoms with E-state index in [1.54, 1.807) is 12.1 Å². The van der Waals surface area contributed by atoms with Gasteiger partial charge in [0, 0.05) is 11.3 Å². The fraction of sp³-hybridized carbons (Fsp3) is 0.167. The summed E-state index contributed by atoms with van der Waals surface area (Å²) >= 11 is 0. The lowest BCUT2D eigenvalue weighted by molar-refractivity contribution is -0.116. The third-order valence-corrected chi connectivity index (χ3v) is 2.90. The van der Waals surface area contributed by atoms with Gasteiger partial charge in [-0.3, -0.25) is 4.79 Å². The van der Waals surface area contributed by atoms with Gasteiger partial charge in [0.15, 0.2) is 0 Å². The summed E-state index contributed by atoms with van der Waals surface area (Å²) in [5.74, 6) is 3.21. The summed E-state index contributed by atoms with van der Waals surface area (Å²) in [6, 6.07) is 14.9. The van der Waals surface area contributed by atoms with Gasteiger partial charge in [0.1, 0.15) is 5.75 Å². The highest BCUT2D eigenvalue weighted by Crippen LogP contribution is 2.13. The Morgan fingerprint density at radius 1 is 1.24 bits per heavy atom. The maximum atomic E-state index is 11.8. The first-order valence-corrected chi connectivity index (χ1v) is 6.73. The van der Waals surface area contributed by atoms with E-state index >= 15 is 0 Å². The van der Waals surface area contributed by atoms with Gasteiger partial charge in [-0.15, -0.1) is 6.42 Å². The minimum Gasteiger partial charge on any atom is -0.493 e. The molecule has 0 aliphatic carbocycles. The predicted octanol–water partition coefficient (Wildman–Crippen LogP) is 3.38. The van der Waals surface area contributed by atoms with Crippen molar-refractivity contribution >= 4 is 11.6 Å². The fourth-order valence-electron chi connectivity index (χ4n) is 1.88.